The Balaban J connectivity index is 1.81. The number of amides is 2. The molecule has 1 aliphatic rings. The first-order valence-corrected chi connectivity index (χ1v) is 11.9. The molecule has 2 amide bonds. The van der Waals surface area contributed by atoms with E-state index in [1.165, 1.54) is 13.0 Å². The molecule has 2 aromatic rings. The van der Waals surface area contributed by atoms with Crippen molar-refractivity contribution in [1.29, 1.82) is 0 Å². The summed E-state index contributed by atoms with van der Waals surface area (Å²) in [5.41, 5.74) is 2.05. The molecule has 0 saturated carbocycles. The molecule has 0 fully saturated rings. The van der Waals surface area contributed by atoms with Crippen molar-refractivity contribution in [3.8, 4) is 0 Å². The van der Waals surface area contributed by atoms with Crippen LogP contribution in [0.4, 0.5) is 11.4 Å². The van der Waals surface area contributed by atoms with Crippen molar-refractivity contribution in [1.82, 2.24) is 4.72 Å². The van der Waals surface area contributed by atoms with E-state index in [2.05, 4.69) is 10.0 Å². The normalized spacial score (nSPS) is 14.4. The van der Waals surface area contributed by atoms with Gasteiger partial charge in [0.1, 0.15) is 6.04 Å². The lowest BCUT2D eigenvalue weighted by Gasteiger charge is -2.21. The first-order chi connectivity index (χ1) is 14.6. The van der Waals surface area contributed by atoms with Gasteiger partial charge in [-0.2, -0.15) is 4.72 Å². The number of nitrogens with one attached hydrogen (secondary N) is 2. The lowest BCUT2D eigenvalue weighted by atomic mass is 10.0. The zero-order valence-electron chi connectivity index (χ0n) is 17.7. The van der Waals surface area contributed by atoms with E-state index >= 15 is 0 Å². The van der Waals surface area contributed by atoms with Gasteiger partial charge in [0.25, 0.3) is 0 Å². The lowest BCUT2D eigenvalue weighted by molar-refractivity contribution is -0.118. The summed E-state index contributed by atoms with van der Waals surface area (Å²) in [7, 11) is -3.94. The Bertz CT molecular complexity index is 1080. The third-order valence-electron chi connectivity index (χ3n) is 5.07. The second kappa shape index (κ2) is 9.38. The van der Waals surface area contributed by atoms with Crippen LogP contribution < -0.4 is 14.9 Å². The fourth-order valence-corrected chi connectivity index (χ4v) is 4.95. The topological polar surface area (TPSA) is 95.6 Å². The van der Waals surface area contributed by atoms with Crippen molar-refractivity contribution in [3.63, 3.8) is 0 Å². The molecule has 0 spiro atoms. The average Bonchev–Trinajstić information content (AvgIpc) is 3.12. The third-order valence-corrected chi connectivity index (χ3v) is 6.79. The van der Waals surface area contributed by atoms with Crippen LogP contribution in [-0.2, 0) is 26.0 Å². The van der Waals surface area contributed by atoms with Crippen LogP contribution >= 0.6 is 11.6 Å². The number of benzene rings is 2. The van der Waals surface area contributed by atoms with Gasteiger partial charge in [-0.05, 0) is 66.8 Å². The summed E-state index contributed by atoms with van der Waals surface area (Å²) in [5.74, 6) is -0.431. The number of sulfonamides is 1. The highest BCUT2D eigenvalue weighted by Gasteiger charge is 2.29. The van der Waals surface area contributed by atoms with E-state index in [9.17, 15) is 18.0 Å². The standard InChI is InChI=1S/C22H26ClN3O4S/c1-14(2)12-20(22(28)24-18-6-4-17(23)5-7-18)25-31(29,30)19-8-9-21-16(13-19)10-11-26(21)15(3)27/h4-9,13-14,20,25H,10-12H2,1-3H3,(H,24,28)/t20-/m1/s1. The highest BCUT2D eigenvalue weighted by atomic mass is 35.5. The van der Waals surface area contributed by atoms with Crippen LogP contribution in [0.15, 0.2) is 47.4 Å². The largest absolute Gasteiger partial charge is 0.325 e. The second-order valence-electron chi connectivity index (χ2n) is 8.01. The molecule has 0 unspecified atom stereocenters. The molecule has 1 aliphatic heterocycles. The molecule has 2 N–H and O–H groups in total. The number of halogens is 1. The van der Waals surface area contributed by atoms with Crippen LogP contribution in [0.3, 0.4) is 0 Å². The van der Waals surface area contributed by atoms with Crippen molar-refractivity contribution >= 4 is 44.8 Å². The quantitative estimate of drug-likeness (QED) is 0.656. The first kappa shape index (κ1) is 23.2. The molecular weight excluding hydrogens is 438 g/mol. The SMILES string of the molecule is CC(=O)N1CCc2cc(S(=O)(=O)N[C@H](CC(C)C)C(=O)Nc3ccc(Cl)cc3)ccc21. The van der Waals surface area contributed by atoms with Crippen LogP contribution in [0.1, 0.15) is 32.8 Å². The first-order valence-electron chi connectivity index (χ1n) is 10.1. The van der Waals surface area contributed by atoms with Crippen LogP contribution in [0, 0.1) is 5.92 Å². The van der Waals surface area contributed by atoms with Gasteiger partial charge < -0.3 is 10.2 Å². The summed E-state index contributed by atoms with van der Waals surface area (Å²) >= 11 is 5.88. The van der Waals surface area contributed by atoms with E-state index in [1.54, 1.807) is 41.3 Å². The fourth-order valence-electron chi connectivity index (χ4n) is 3.57. The van der Waals surface area contributed by atoms with Crippen molar-refractivity contribution in [3.05, 3.63) is 53.1 Å². The van der Waals surface area contributed by atoms with Crippen molar-refractivity contribution in [2.45, 2.75) is 44.6 Å². The predicted molar refractivity (Wildman–Crippen MR) is 122 cm³/mol. The molecule has 0 radical (unpaired) electrons. The smallest absolute Gasteiger partial charge is 0.242 e. The van der Waals surface area contributed by atoms with Crippen LogP contribution in [0.2, 0.25) is 5.02 Å². The van der Waals surface area contributed by atoms with Crippen molar-refractivity contribution in [2.24, 2.45) is 5.92 Å². The van der Waals surface area contributed by atoms with Crippen molar-refractivity contribution < 1.29 is 18.0 Å². The number of carbonyl (C=O) groups excluding carboxylic acids is 2. The minimum absolute atomic E-state index is 0.0738. The van der Waals surface area contributed by atoms with Crippen LogP contribution in [0.5, 0.6) is 0 Å². The van der Waals surface area contributed by atoms with Crippen LogP contribution in [0.25, 0.3) is 0 Å². The van der Waals surface area contributed by atoms with Crippen LogP contribution in [-0.4, -0.2) is 32.8 Å². The average molecular weight is 464 g/mol. The van der Waals surface area contributed by atoms with E-state index in [-0.39, 0.29) is 16.7 Å². The van der Waals surface area contributed by atoms with Gasteiger partial charge in [-0.25, -0.2) is 8.42 Å². The third kappa shape index (κ3) is 5.64. The molecule has 0 saturated heterocycles. The minimum Gasteiger partial charge on any atom is -0.325 e. The number of hydrogen-bond donors (Lipinski definition) is 2. The number of nitrogens with zero attached hydrogens (tertiary/aromatic N) is 1. The number of fused-ring (bicyclic) bond motifs is 1. The van der Waals surface area contributed by atoms with E-state index in [0.717, 1.165) is 11.3 Å². The summed E-state index contributed by atoms with van der Waals surface area (Å²) in [6, 6.07) is 10.3. The molecule has 1 heterocycles. The summed E-state index contributed by atoms with van der Waals surface area (Å²) in [5, 5.41) is 3.28. The highest BCUT2D eigenvalue weighted by molar-refractivity contribution is 7.89. The molecule has 166 valence electrons. The van der Waals surface area contributed by atoms with E-state index < -0.39 is 22.0 Å². The molecule has 0 aromatic heterocycles. The molecule has 3 rings (SSSR count). The summed E-state index contributed by atoms with van der Waals surface area (Å²) in [6.45, 7) is 5.85. The highest BCUT2D eigenvalue weighted by Crippen LogP contribution is 2.30. The zero-order valence-corrected chi connectivity index (χ0v) is 19.3. The maximum atomic E-state index is 13.1. The number of carbonyl (C=O) groups is 2. The maximum Gasteiger partial charge on any atom is 0.242 e. The van der Waals surface area contributed by atoms with Gasteiger partial charge in [0.15, 0.2) is 0 Å². The molecule has 1 atom stereocenters. The molecule has 7 nitrogen and oxygen atoms in total. The lowest BCUT2D eigenvalue weighted by Crippen LogP contribution is -2.44. The van der Waals surface area contributed by atoms with E-state index in [1.807, 2.05) is 13.8 Å². The second-order valence-corrected chi connectivity index (χ2v) is 10.2. The molecular formula is C22H26ClN3O4S. The molecule has 31 heavy (non-hydrogen) atoms. The Morgan fingerprint density at radius 2 is 1.81 bits per heavy atom. The maximum absolute atomic E-state index is 13.1. The number of anilines is 2. The van der Waals surface area contributed by atoms with Gasteiger partial charge in [0, 0.05) is 29.9 Å². The zero-order chi connectivity index (χ0) is 22.8. The summed E-state index contributed by atoms with van der Waals surface area (Å²) in [6.07, 6.45) is 0.923. The van der Waals surface area contributed by atoms with E-state index in [0.29, 0.717) is 30.1 Å². The molecule has 0 bridgehead atoms. The summed E-state index contributed by atoms with van der Waals surface area (Å²) in [4.78, 5) is 26.3. The van der Waals surface area contributed by atoms with Gasteiger partial charge in [-0.3, -0.25) is 9.59 Å². The monoisotopic (exact) mass is 463 g/mol. The molecule has 2 aromatic carbocycles. The van der Waals surface area contributed by atoms with Gasteiger partial charge >= 0.3 is 0 Å². The Labute approximate surface area is 187 Å². The number of hydrogen-bond acceptors (Lipinski definition) is 4. The fraction of sp³-hybridized carbons (Fsp3) is 0.364. The summed E-state index contributed by atoms with van der Waals surface area (Å²) < 4.78 is 28.7. The Morgan fingerprint density at radius 1 is 1.13 bits per heavy atom. The number of rotatable bonds is 7. The molecule has 9 heteroatoms. The predicted octanol–water partition coefficient (Wildman–Crippen LogP) is 3.58. The Hall–Kier alpha value is -2.42. The van der Waals surface area contributed by atoms with Gasteiger partial charge in [0.05, 0.1) is 4.90 Å². The van der Waals surface area contributed by atoms with Gasteiger partial charge in [0.2, 0.25) is 21.8 Å². The minimum atomic E-state index is -3.94. The van der Waals surface area contributed by atoms with Gasteiger partial charge in [-0.15, -0.1) is 0 Å². The Morgan fingerprint density at radius 3 is 2.42 bits per heavy atom. The Kier molecular flexibility index (Phi) is 7.03. The van der Waals surface area contributed by atoms with Crippen molar-refractivity contribution in [2.75, 3.05) is 16.8 Å². The van der Waals surface area contributed by atoms with Gasteiger partial charge in [-0.1, -0.05) is 25.4 Å². The van der Waals surface area contributed by atoms with E-state index in [4.69, 9.17) is 11.6 Å². The molecule has 0 aliphatic carbocycles.